The lowest BCUT2D eigenvalue weighted by molar-refractivity contribution is -0.143. The standard InChI is InChI=1S/C17H23NO3/c1-11(2)14-4-3-5-15(10-14)18-16(19)12-6-8-13(9-7-12)17(20)21/h3-5,10-13H,6-9H2,1-2H3,(H,18,19)(H,20,21). The molecule has 4 nitrogen and oxygen atoms in total. The summed E-state index contributed by atoms with van der Waals surface area (Å²) in [5.74, 6) is -0.646. The lowest BCUT2D eigenvalue weighted by Crippen LogP contribution is -2.29. The molecule has 0 aromatic heterocycles. The molecule has 114 valence electrons. The molecule has 0 saturated heterocycles. The van der Waals surface area contributed by atoms with E-state index >= 15 is 0 Å². The Kier molecular flexibility index (Phi) is 4.99. The molecule has 0 heterocycles. The predicted molar refractivity (Wildman–Crippen MR) is 82.2 cm³/mol. The first-order chi connectivity index (χ1) is 9.97. The van der Waals surface area contributed by atoms with Crippen molar-refractivity contribution in [2.24, 2.45) is 11.8 Å². The third kappa shape index (κ3) is 4.06. The Balaban J connectivity index is 1.93. The van der Waals surface area contributed by atoms with E-state index in [9.17, 15) is 9.59 Å². The Labute approximate surface area is 125 Å². The number of carboxylic acids is 1. The van der Waals surface area contributed by atoms with Crippen molar-refractivity contribution < 1.29 is 14.7 Å². The molecule has 1 aromatic rings. The summed E-state index contributed by atoms with van der Waals surface area (Å²) in [5, 5.41) is 11.9. The molecule has 2 N–H and O–H groups in total. The van der Waals surface area contributed by atoms with Gasteiger partial charge < -0.3 is 10.4 Å². The van der Waals surface area contributed by atoms with Crippen LogP contribution in [0.2, 0.25) is 0 Å². The number of carbonyl (C=O) groups is 2. The maximum absolute atomic E-state index is 12.3. The van der Waals surface area contributed by atoms with E-state index in [2.05, 4.69) is 25.2 Å². The van der Waals surface area contributed by atoms with Gasteiger partial charge in [-0.15, -0.1) is 0 Å². The second-order valence-electron chi connectivity index (χ2n) is 6.16. The van der Waals surface area contributed by atoms with Crippen LogP contribution in [-0.2, 0) is 9.59 Å². The topological polar surface area (TPSA) is 66.4 Å². The first kappa shape index (κ1) is 15.5. The van der Waals surface area contributed by atoms with E-state index in [4.69, 9.17) is 5.11 Å². The molecule has 0 radical (unpaired) electrons. The summed E-state index contributed by atoms with van der Waals surface area (Å²) < 4.78 is 0. The van der Waals surface area contributed by atoms with Crippen molar-refractivity contribution in [3.63, 3.8) is 0 Å². The highest BCUT2D eigenvalue weighted by Crippen LogP contribution is 2.30. The van der Waals surface area contributed by atoms with Crippen molar-refractivity contribution in [3.8, 4) is 0 Å². The molecule has 0 bridgehead atoms. The van der Waals surface area contributed by atoms with Gasteiger partial charge in [-0.25, -0.2) is 0 Å². The van der Waals surface area contributed by atoms with Gasteiger partial charge in [0.25, 0.3) is 0 Å². The third-order valence-corrected chi connectivity index (χ3v) is 4.27. The average Bonchev–Trinajstić information content (AvgIpc) is 2.47. The summed E-state index contributed by atoms with van der Waals surface area (Å²) in [5.41, 5.74) is 2.02. The van der Waals surface area contributed by atoms with Crippen molar-refractivity contribution in [2.45, 2.75) is 45.4 Å². The molecule has 1 fully saturated rings. The fourth-order valence-corrected chi connectivity index (χ4v) is 2.82. The smallest absolute Gasteiger partial charge is 0.306 e. The zero-order valence-electron chi connectivity index (χ0n) is 12.6. The van der Waals surface area contributed by atoms with Gasteiger partial charge in [-0.05, 0) is 49.3 Å². The second-order valence-corrected chi connectivity index (χ2v) is 6.16. The molecule has 21 heavy (non-hydrogen) atoms. The number of rotatable bonds is 4. The molecule has 1 amide bonds. The fourth-order valence-electron chi connectivity index (χ4n) is 2.82. The number of hydrogen-bond acceptors (Lipinski definition) is 2. The van der Waals surface area contributed by atoms with Gasteiger partial charge in [0.2, 0.25) is 5.91 Å². The van der Waals surface area contributed by atoms with Gasteiger partial charge >= 0.3 is 5.97 Å². The van der Waals surface area contributed by atoms with E-state index in [1.165, 1.54) is 5.56 Å². The van der Waals surface area contributed by atoms with Crippen molar-refractivity contribution >= 4 is 17.6 Å². The number of carboxylic acid groups (broad SMARTS) is 1. The Morgan fingerprint density at radius 1 is 1.14 bits per heavy atom. The van der Waals surface area contributed by atoms with Crippen molar-refractivity contribution in [1.29, 1.82) is 0 Å². The average molecular weight is 289 g/mol. The summed E-state index contributed by atoms with van der Waals surface area (Å²) in [6.07, 6.45) is 2.51. The molecule has 0 spiro atoms. The first-order valence-electron chi connectivity index (χ1n) is 7.61. The van der Waals surface area contributed by atoms with Crippen LogP contribution >= 0.6 is 0 Å². The number of benzene rings is 1. The highest BCUT2D eigenvalue weighted by Gasteiger charge is 2.29. The minimum Gasteiger partial charge on any atom is -0.481 e. The zero-order valence-corrected chi connectivity index (χ0v) is 12.6. The maximum atomic E-state index is 12.3. The van der Waals surface area contributed by atoms with Crippen molar-refractivity contribution in [2.75, 3.05) is 5.32 Å². The summed E-state index contributed by atoms with van der Waals surface area (Å²) in [6.45, 7) is 4.24. The van der Waals surface area contributed by atoms with Crippen LogP contribution < -0.4 is 5.32 Å². The number of amides is 1. The van der Waals surface area contributed by atoms with Gasteiger partial charge in [0.1, 0.15) is 0 Å². The van der Waals surface area contributed by atoms with Crippen LogP contribution in [0.4, 0.5) is 5.69 Å². The lowest BCUT2D eigenvalue weighted by Gasteiger charge is -2.25. The van der Waals surface area contributed by atoms with Gasteiger partial charge in [0.15, 0.2) is 0 Å². The van der Waals surface area contributed by atoms with E-state index in [-0.39, 0.29) is 17.7 Å². The minimum absolute atomic E-state index is 0.0137. The van der Waals surface area contributed by atoms with Crippen LogP contribution in [0.1, 0.15) is 51.0 Å². The maximum Gasteiger partial charge on any atom is 0.306 e. The number of carbonyl (C=O) groups excluding carboxylic acids is 1. The van der Waals surface area contributed by atoms with E-state index in [0.29, 0.717) is 31.6 Å². The largest absolute Gasteiger partial charge is 0.481 e. The van der Waals surface area contributed by atoms with E-state index < -0.39 is 5.97 Å². The molecule has 4 heteroatoms. The van der Waals surface area contributed by atoms with Crippen LogP contribution in [0, 0.1) is 11.8 Å². The quantitative estimate of drug-likeness (QED) is 0.889. The number of nitrogens with one attached hydrogen (secondary N) is 1. The minimum atomic E-state index is -0.738. The number of hydrogen-bond donors (Lipinski definition) is 2. The van der Waals surface area contributed by atoms with Gasteiger partial charge in [0, 0.05) is 11.6 Å². The lowest BCUT2D eigenvalue weighted by atomic mass is 9.81. The van der Waals surface area contributed by atoms with Crippen molar-refractivity contribution in [1.82, 2.24) is 0 Å². The third-order valence-electron chi connectivity index (χ3n) is 4.27. The Hall–Kier alpha value is -1.84. The number of anilines is 1. The summed E-state index contributed by atoms with van der Waals surface area (Å²) in [6, 6.07) is 7.91. The molecule has 0 unspecified atom stereocenters. The van der Waals surface area contributed by atoms with Crippen LogP contribution in [0.5, 0.6) is 0 Å². The van der Waals surface area contributed by atoms with Crippen LogP contribution in [0.15, 0.2) is 24.3 Å². The van der Waals surface area contributed by atoms with Gasteiger partial charge in [-0.1, -0.05) is 26.0 Å². The van der Waals surface area contributed by atoms with E-state index in [1.54, 1.807) is 0 Å². The first-order valence-corrected chi connectivity index (χ1v) is 7.61. The predicted octanol–water partition coefficient (Wildman–Crippen LogP) is 3.64. The normalized spacial score (nSPS) is 22.0. The highest BCUT2D eigenvalue weighted by atomic mass is 16.4. The molecule has 1 aliphatic rings. The summed E-state index contributed by atoms with van der Waals surface area (Å²) >= 11 is 0. The Bertz CT molecular complexity index is 517. The number of aliphatic carboxylic acids is 1. The van der Waals surface area contributed by atoms with Gasteiger partial charge in [-0.3, -0.25) is 9.59 Å². The summed E-state index contributed by atoms with van der Waals surface area (Å²) in [4.78, 5) is 23.2. The van der Waals surface area contributed by atoms with Crippen LogP contribution in [0.3, 0.4) is 0 Å². The Morgan fingerprint density at radius 2 is 1.76 bits per heavy atom. The van der Waals surface area contributed by atoms with Gasteiger partial charge in [0.05, 0.1) is 5.92 Å². The molecular weight excluding hydrogens is 266 g/mol. The molecule has 0 atom stereocenters. The molecule has 1 saturated carbocycles. The second kappa shape index (κ2) is 6.74. The monoisotopic (exact) mass is 289 g/mol. The fraction of sp³-hybridized carbons (Fsp3) is 0.529. The molecule has 1 aromatic carbocycles. The SMILES string of the molecule is CC(C)c1cccc(NC(=O)C2CCC(C(=O)O)CC2)c1. The van der Waals surface area contributed by atoms with Gasteiger partial charge in [-0.2, -0.15) is 0 Å². The molecule has 0 aliphatic heterocycles. The molecule has 1 aliphatic carbocycles. The van der Waals surface area contributed by atoms with Crippen LogP contribution in [0.25, 0.3) is 0 Å². The zero-order chi connectivity index (χ0) is 15.4. The highest BCUT2D eigenvalue weighted by molar-refractivity contribution is 5.92. The van der Waals surface area contributed by atoms with Crippen molar-refractivity contribution in [3.05, 3.63) is 29.8 Å². The Morgan fingerprint density at radius 3 is 2.33 bits per heavy atom. The van der Waals surface area contributed by atoms with E-state index in [1.807, 2.05) is 18.2 Å². The molecular formula is C17H23NO3. The van der Waals surface area contributed by atoms with Crippen LogP contribution in [-0.4, -0.2) is 17.0 Å². The summed E-state index contributed by atoms with van der Waals surface area (Å²) in [7, 11) is 0. The molecule has 2 rings (SSSR count). The van der Waals surface area contributed by atoms with E-state index in [0.717, 1.165) is 5.69 Å².